The number of sulfonamides is 1. The SMILES string of the molecule is CC(C)NC(=O)c1ccc(S(=O)(=O)NCc2ccccc2Cl)cc1. The van der Waals surface area contributed by atoms with E-state index in [0.29, 0.717) is 16.1 Å². The molecule has 0 unspecified atom stereocenters. The third-order valence-corrected chi connectivity index (χ3v) is 5.04. The molecule has 0 radical (unpaired) electrons. The van der Waals surface area contributed by atoms with Gasteiger partial charge < -0.3 is 5.32 Å². The average molecular weight is 367 g/mol. The zero-order valence-electron chi connectivity index (χ0n) is 13.4. The van der Waals surface area contributed by atoms with Gasteiger partial charge in [-0.1, -0.05) is 29.8 Å². The Balaban J connectivity index is 2.09. The van der Waals surface area contributed by atoms with Crippen LogP contribution < -0.4 is 10.0 Å². The van der Waals surface area contributed by atoms with Crippen molar-refractivity contribution in [3.63, 3.8) is 0 Å². The molecule has 24 heavy (non-hydrogen) atoms. The molecule has 0 aliphatic carbocycles. The average Bonchev–Trinajstić information content (AvgIpc) is 2.53. The Morgan fingerprint density at radius 3 is 2.29 bits per heavy atom. The molecule has 2 aromatic carbocycles. The Hall–Kier alpha value is -1.89. The molecule has 7 heteroatoms. The van der Waals surface area contributed by atoms with Crippen molar-refractivity contribution in [2.45, 2.75) is 31.3 Å². The number of benzene rings is 2. The zero-order chi connectivity index (χ0) is 17.7. The molecule has 128 valence electrons. The van der Waals surface area contributed by atoms with Gasteiger partial charge in [0.15, 0.2) is 0 Å². The van der Waals surface area contributed by atoms with Crippen LogP contribution in [0.5, 0.6) is 0 Å². The highest BCUT2D eigenvalue weighted by atomic mass is 35.5. The minimum absolute atomic E-state index is 0.0122. The second kappa shape index (κ2) is 7.79. The number of halogens is 1. The van der Waals surface area contributed by atoms with Crippen LogP contribution in [0.4, 0.5) is 0 Å². The summed E-state index contributed by atoms with van der Waals surface area (Å²) in [5.41, 5.74) is 1.10. The standard InChI is InChI=1S/C17H19ClN2O3S/c1-12(2)20-17(21)13-7-9-15(10-8-13)24(22,23)19-11-14-5-3-4-6-16(14)18/h3-10,12,19H,11H2,1-2H3,(H,20,21). The Morgan fingerprint density at radius 1 is 1.08 bits per heavy atom. The van der Waals surface area contributed by atoms with E-state index in [-0.39, 0.29) is 23.4 Å². The number of rotatable bonds is 6. The maximum Gasteiger partial charge on any atom is 0.251 e. The molecule has 0 atom stereocenters. The third-order valence-electron chi connectivity index (χ3n) is 3.26. The van der Waals surface area contributed by atoms with Gasteiger partial charge in [0.05, 0.1) is 4.90 Å². The maximum atomic E-state index is 12.3. The predicted octanol–water partition coefficient (Wildman–Crippen LogP) is 2.96. The fourth-order valence-electron chi connectivity index (χ4n) is 2.03. The van der Waals surface area contributed by atoms with Crippen LogP contribution in [0.3, 0.4) is 0 Å². The summed E-state index contributed by atoms with van der Waals surface area (Å²) in [5, 5.41) is 3.25. The van der Waals surface area contributed by atoms with Gasteiger partial charge in [-0.3, -0.25) is 4.79 Å². The first-order valence-corrected chi connectivity index (χ1v) is 9.30. The van der Waals surface area contributed by atoms with Gasteiger partial charge in [0.1, 0.15) is 0 Å². The van der Waals surface area contributed by atoms with Gasteiger partial charge >= 0.3 is 0 Å². The first kappa shape index (κ1) is 18.4. The van der Waals surface area contributed by atoms with Crippen LogP contribution in [0.25, 0.3) is 0 Å². The number of hydrogen-bond donors (Lipinski definition) is 2. The van der Waals surface area contributed by atoms with Crippen LogP contribution in [-0.2, 0) is 16.6 Å². The van der Waals surface area contributed by atoms with Crippen molar-refractivity contribution in [3.05, 3.63) is 64.7 Å². The minimum atomic E-state index is -3.68. The van der Waals surface area contributed by atoms with Crippen LogP contribution >= 0.6 is 11.6 Å². The molecule has 0 spiro atoms. The number of carbonyl (C=O) groups is 1. The summed E-state index contributed by atoms with van der Waals surface area (Å²) < 4.78 is 27.1. The van der Waals surface area contributed by atoms with Crippen LogP contribution in [-0.4, -0.2) is 20.4 Å². The summed E-state index contributed by atoms with van der Waals surface area (Å²) in [4.78, 5) is 12.0. The Labute approximate surface area is 147 Å². The van der Waals surface area contributed by atoms with Gasteiger partial charge in [-0.2, -0.15) is 0 Å². The lowest BCUT2D eigenvalue weighted by molar-refractivity contribution is 0.0943. The van der Waals surface area contributed by atoms with Crippen molar-refractivity contribution >= 4 is 27.5 Å². The molecule has 2 rings (SSSR count). The summed E-state index contributed by atoms with van der Waals surface area (Å²) in [7, 11) is -3.68. The van der Waals surface area contributed by atoms with Crippen molar-refractivity contribution in [1.82, 2.24) is 10.0 Å². The second-order valence-corrected chi connectivity index (χ2v) is 7.74. The molecular formula is C17H19ClN2O3S. The highest BCUT2D eigenvalue weighted by Crippen LogP contribution is 2.16. The van der Waals surface area contributed by atoms with E-state index in [1.54, 1.807) is 24.3 Å². The van der Waals surface area contributed by atoms with Crippen LogP contribution in [0.15, 0.2) is 53.4 Å². The monoisotopic (exact) mass is 366 g/mol. The number of amides is 1. The summed E-state index contributed by atoms with van der Waals surface area (Å²) in [6.07, 6.45) is 0. The molecule has 0 saturated heterocycles. The summed E-state index contributed by atoms with van der Waals surface area (Å²) in [6, 6.07) is 12.8. The Morgan fingerprint density at radius 2 is 1.71 bits per heavy atom. The number of carbonyl (C=O) groups excluding carboxylic acids is 1. The van der Waals surface area contributed by atoms with Crippen LogP contribution in [0, 0.1) is 0 Å². The summed E-state index contributed by atoms with van der Waals surface area (Å²) in [6.45, 7) is 3.81. The van der Waals surface area contributed by atoms with E-state index in [2.05, 4.69) is 10.0 Å². The van der Waals surface area contributed by atoms with Crippen molar-refractivity contribution in [1.29, 1.82) is 0 Å². The first-order chi connectivity index (χ1) is 11.3. The van der Waals surface area contributed by atoms with Crippen molar-refractivity contribution in [2.75, 3.05) is 0 Å². The van der Waals surface area contributed by atoms with Gasteiger partial charge in [0, 0.05) is 23.2 Å². The molecule has 0 aromatic heterocycles. The van der Waals surface area contributed by atoms with E-state index >= 15 is 0 Å². The molecule has 0 fully saturated rings. The van der Waals surface area contributed by atoms with Crippen molar-refractivity contribution < 1.29 is 13.2 Å². The lowest BCUT2D eigenvalue weighted by Crippen LogP contribution is -2.30. The lowest BCUT2D eigenvalue weighted by atomic mass is 10.2. The maximum absolute atomic E-state index is 12.3. The molecule has 0 aliphatic heterocycles. The largest absolute Gasteiger partial charge is 0.350 e. The normalized spacial score (nSPS) is 11.5. The van der Waals surface area contributed by atoms with E-state index in [1.807, 2.05) is 13.8 Å². The van der Waals surface area contributed by atoms with Gasteiger partial charge in [0.2, 0.25) is 10.0 Å². The van der Waals surface area contributed by atoms with E-state index in [1.165, 1.54) is 24.3 Å². The van der Waals surface area contributed by atoms with Crippen molar-refractivity contribution in [2.24, 2.45) is 0 Å². The first-order valence-electron chi connectivity index (χ1n) is 7.43. The molecule has 0 bridgehead atoms. The third kappa shape index (κ3) is 4.80. The lowest BCUT2D eigenvalue weighted by Gasteiger charge is -2.10. The molecule has 5 nitrogen and oxygen atoms in total. The van der Waals surface area contributed by atoms with E-state index < -0.39 is 10.0 Å². The molecule has 0 heterocycles. The second-order valence-electron chi connectivity index (χ2n) is 5.57. The Bertz CT molecular complexity index is 818. The molecule has 0 aliphatic rings. The van der Waals surface area contributed by atoms with Crippen LogP contribution in [0.2, 0.25) is 5.02 Å². The van der Waals surface area contributed by atoms with Gasteiger partial charge in [-0.25, -0.2) is 13.1 Å². The summed E-state index contributed by atoms with van der Waals surface area (Å²) >= 11 is 6.02. The molecule has 2 N–H and O–H groups in total. The fourth-order valence-corrected chi connectivity index (χ4v) is 3.24. The quantitative estimate of drug-likeness (QED) is 0.825. The van der Waals surface area contributed by atoms with E-state index in [4.69, 9.17) is 11.6 Å². The predicted molar refractivity (Wildman–Crippen MR) is 94.5 cm³/mol. The summed E-state index contributed by atoms with van der Waals surface area (Å²) in [5.74, 6) is -0.238. The van der Waals surface area contributed by atoms with Crippen LogP contribution in [0.1, 0.15) is 29.8 Å². The highest BCUT2D eigenvalue weighted by molar-refractivity contribution is 7.89. The number of hydrogen-bond acceptors (Lipinski definition) is 3. The molecule has 1 amide bonds. The zero-order valence-corrected chi connectivity index (χ0v) is 15.0. The topological polar surface area (TPSA) is 75.3 Å². The van der Waals surface area contributed by atoms with Crippen molar-refractivity contribution in [3.8, 4) is 0 Å². The molecular weight excluding hydrogens is 348 g/mol. The molecule has 0 saturated carbocycles. The van der Waals surface area contributed by atoms with Gasteiger partial charge in [-0.05, 0) is 49.7 Å². The van der Waals surface area contributed by atoms with E-state index in [0.717, 1.165) is 0 Å². The van der Waals surface area contributed by atoms with Gasteiger partial charge in [0.25, 0.3) is 5.91 Å². The Kier molecular flexibility index (Phi) is 5.99. The fraction of sp³-hybridized carbons (Fsp3) is 0.235. The number of nitrogens with one attached hydrogen (secondary N) is 2. The van der Waals surface area contributed by atoms with Gasteiger partial charge in [-0.15, -0.1) is 0 Å². The smallest absolute Gasteiger partial charge is 0.251 e. The minimum Gasteiger partial charge on any atom is -0.350 e. The van der Waals surface area contributed by atoms with E-state index in [9.17, 15) is 13.2 Å². The highest BCUT2D eigenvalue weighted by Gasteiger charge is 2.15. The molecule has 2 aromatic rings.